The van der Waals surface area contributed by atoms with Crippen molar-refractivity contribution in [2.45, 2.75) is 19.8 Å². The molecule has 0 spiro atoms. The standard InChI is InChI=1S/C21H19N3O2/c1-15(25)16-8-10-19(11-9-16)23-14-18(13-22)21(26)24-12-4-6-17-5-2-3-7-20(17)24/h2-3,5,7-11,14,23H,4,6,12H2,1H3/b18-14-. The van der Waals surface area contributed by atoms with Crippen LogP contribution < -0.4 is 10.2 Å². The highest BCUT2D eigenvalue weighted by atomic mass is 16.2. The Bertz CT molecular complexity index is 908. The van der Waals surface area contributed by atoms with Crippen LogP contribution in [0, 0.1) is 11.3 Å². The lowest BCUT2D eigenvalue weighted by molar-refractivity contribution is -0.114. The van der Waals surface area contributed by atoms with Crippen molar-refractivity contribution in [3.8, 4) is 6.07 Å². The van der Waals surface area contributed by atoms with Crippen molar-refractivity contribution in [1.29, 1.82) is 5.26 Å². The van der Waals surface area contributed by atoms with E-state index in [4.69, 9.17) is 0 Å². The first-order valence-electron chi connectivity index (χ1n) is 8.47. The highest BCUT2D eigenvalue weighted by Crippen LogP contribution is 2.27. The lowest BCUT2D eigenvalue weighted by Gasteiger charge is -2.29. The molecule has 1 heterocycles. The lowest BCUT2D eigenvalue weighted by Crippen LogP contribution is -2.36. The van der Waals surface area contributed by atoms with Crippen molar-refractivity contribution in [3.63, 3.8) is 0 Å². The van der Waals surface area contributed by atoms with Gasteiger partial charge in [0.15, 0.2) is 5.78 Å². The Morgan fingerprint density at radius 2 is 1.88 bits per heavy atom. The van der Waals surface area contributed by atoms with Crippen LogP contribution in [0.4, 0.5) is 11.4 Å². The van der Waals surface area contributed by atoms with Crippen molar-refractivity contribution in [1.82, 2.24) is 0 Å². The Hall–Kier alpha value is -3.39. The zero-order valence-electron chi connectivity index (χ0n) is 14.5. The van der Waals surface area contributed by atoms with E-state index in [1.807, 2.05) is 30.3 Å². The Labute approximate surface area is 152 Å². The Kier molecular flexibility index (Phi) is 5.14. The SMILES string of the molecule is CC(=O)c1ccc(N/C=C(/C#N)C(=O)N2CCCc3ccccc32)cc1. The molecule has 2 aromatic rings. The van der Waals surface area contributed by atoms with Gasteiger partial charge < -0.3 is 10.2 Å². The average Bonchev–Trinajstić information content (AvgIpc) is 2.68. The Balaban J connectivity index is 1.78. The first kappa shape index (κ1) is 17.4. The topological polar surface area (TPSA) is 73.2 Å². The molecule has 0 saturated carbocycles. The normalized spacial score (nSPS) is 13.5. The van der Waals surface area contributed by atoms with Gasteiger partial charge in [-0.15, -0.1) is 0 Å². The third kappa shape index (κ3) is 3.65. The minimum absolute atomic E-state index is 0.0104. The lowest BCUT2D eigenvalue weighted by atomic mass is 10.0. The average molecular weight is 345 g/mol. The molecule has 0 saturated heterocycles. The van der Waals surface area contributed by atoms with Crippen molar-refractivity contribution in [3.05, 3.63) is 71.4 Å². The van der Waals surface area contributed by atoms with Gasteiger partial charge in [0.2, 0.25) is 0 Å². The summed E-state index contributed by atoms with van der Waals surface area (Å²) in [5.74, 6) is -0.323. The highest BCUT2D eigenvalue weighted by Gasteiger charge is 2.24. The van der Waals surface area contributed by atoms with Crippen LogP contribution in [0.1, 0.15) is 29.3 Å². The maximum Gasteiger partial charge on any atom is 0.270 e. The molecular weight excluding hydrogens is 326 g/mol. The second kappa shape index (κ2) is 7.66. The zero-order valence-corrected chi connectivity index (χ0v) is 14.5. The van der Waals surface area contributed by atoms with Crippen molar-refractivity contribution in [2.75, 3.05) is 16.8 Å². The minimum Gasteiger partial charge on any atom is -0.360 e. The number of carbonyl (C=O) groups excluding carboxylic acids is 2. The summed E-state index contributed by atoms with van der Waals surface area (Å²) < 4.78 is 0. The summed E-state index contributed by atoms with van der Waals surface area (Å²) in [6.07, 6.45) is 3.23. The predicted molar refractivity (Wildman–Crippen MR) is 101 cm³/mol. The van der Waals surface area contributed by atoms with Crippen molar-refractivity contribution in [2.24, 2.45) is 0 Å². The van der Waals surface area contributed by atoms with Crippen LogP contribution in [0.3, 0.4) is 0 Å². The summed E-state index contributed by atoms with van der Waals surface area (Å²) in [7, 11) is 0. The summed E-state index contributed by atoms with van der Waals surface area (Å²) in [5, 5.41) is 12.4. The van der Waals surface area contributed by atoms with Crippen LogP contribution in [0.5, 0.6) is 0 Å². The van der Waals surface area contributed by atoms with E-state index in [0.717, 1.165) is 24.1 Å². The molecule has 0 atom stereocenters. The first-order chi connectivity index (χ1) is 12.6. The van der Waals surface area contributed by atoms with Gasteiger partial charge in [0, 0.05) is 29.7 Å². The highest BCUT2D eigenvalue weighted by molar-refractivity contribution is 6.09. The Morgan fingerprint density at radius 1 is 1.15 bits per heavy atom. The fraction of sp³-hybridized carbons (Fsp3) is 0.190. The van der Waals surface area contributed by atoms with Crippen LogP contribution >= 0.6 is 0 Å². The van der Waals surface area contributed by atoms with Gasteiger partial charge in [-0.05, 0) is 55.7 Å². The summed E-state index contributed by atoms with van der Waals surface area (Å²) >= 11 is 0. The van der Waals surface area contributed by atoms with E-state index in [9.17, 15) is 14.9 Å². The zero-order chi connectivity index (χ0) is 18.5. The molecule has 26 heavy (non-hydrogen) atoms. The number of amides is 1. The number of para-hydroxylation sites is 1. The van der Waals surface area contributed by atoms with Gasteiger partial charge in [-0.25, -0.2) is 0 Å². The fourth-order valence-corrected chi connectivity index (χ4v) is 2.99. The number of Topliss-reactive ketones (excluding diaryl/α,β-unsaturated/α-hetero) is 1. The minimum atomic E-state index is -0.312. The molecule has 0 bridgehead atoms. The third-order valence-electron chi connectivity index (χ3n) is 4.38. The number of carbonyl (C=O) groups is 2. The molecule has 0 unspecified atom stereocenters. The number of hydrogen-bond donors (Lipinski definition) is 1. The van der Waals surface area contributed by atoms with Crippen LogP contribution in [-0.4, -0.2) is 18.2 Å². The van der Waals surface area contributed by atoms with Gasteiger partial charge in [0.1, 0.15) is 11.6 Å². The molecule has 1 N–H and O–H groups in total. The van der Waals surface area contributed by atoms with Gasteiger partial charge in [-0.1, -0.05) is 18.2 Å². The molecule has 0 radical (unpaired) electrons. The monoisotopic (exact) mass is 345 g/mol. The number of nitriles is 1. The third-order valence-corrected chi connectivity index (χ3v) is 4.38. The summed E-state index contributed by atoms with van der Waals surface area (Å²) in [6.45, 7) is 2.10. The summed E-state index contributed by atoms with van der Waals surface area (Å²) in [4.78, 5) is 25.8. The summed E-state index contributed by atoms with van der Waals surface area (Å²) in [5.41, 5.74) is 3.35. The van der Waals surface area contributed by atoms with Crippen LogP contribution in [-0.2, 0) is 11.2 Å². The fourth-order valence-electron chi connectivity index (χ4n) is 2.99. The maximum atomic E-state index is 12.8. The molecular formula is C21H19N3O2. The number of nitrogens with one attached hydrogen (secondary N) is 1. The second-order valence-corrected chi connectivity index (χ2v) is 6.14. The van der Waals surface area contributed by atoms with Gasteiger partial charge in [0.05, 0.1) is 0 Å². The number of fused-ring (bicyclic) bond motifs is 1. The molecule has 5 heteroatoms. The number of ketones is 1. The van der Waals surface area contributed by atoms with E-state index in [-0.39, 0.29) is 17.3 Å². The molecule has 0 aliphatic carbocycles. The van der Waals surface area contributed by atoms with Gasteiger partial charge in [0.25, 0.3) is 5.91 Å². The van der Waals surface area contributed by atoms with E-state index in [1.54, 1.807) is 29.2 Å². The number of benzene rings is 2. The van der Waals surface area contributed by atoms with E-state index >= 15 is 0 Å². The number of anilines is 2. The van der Waals surface area contributed by atoms with Crippen LogP contribution in [0.15, 0.2) is 60.3 Å². The van der Waals surface area contributed by atoms with E-state index < -0.39 is 0 Å². The Morgan fingerprint density at radius 3 is 2.58 bits per heavy atom. The first-order valence-corrected chi connectivity index (χ1v) is 8.47. The van der Waals surface area contributed by atoms with E-state index in [2.05, 4.69) is 5.32 Å². The van der Waals surface area contributed by atoms with Gasteiger partial charge in [-0.2, -0.15) is 5.26 Å². The van der Waals surface area contributed by atoms with E-state index in [0.29, 0.717) is 17.8 Å². The van der Waals surface area contributed by atoms with E-state index in [1.165, 1.54) is 13.1 Å². The molecule has 130 valence electrons. The van der Waals surface area contributed by atoms with Crippen molar-refractivity contribution < 1.29 is 9.59 Å². The molecule has 3 rings (SSSR count). The molecule has 1 aliphatic rings. The number of aryl methyl sites for hydroxylation is 1. The van der Waals surface area contributed by atoms with Crippen molar-refractivity contribution >= 4 is 23.1 Å². The van der Waals surface area contributed by atoms with Gasteiger partial charge in [-0.3, -0.25) is 9.59 Å². The smallest absolute Gasteiger partial charge is 0.270 e. The van der Waals surface area contributed by atoms with Crippen LogP contribution in [0.2, 0.25) is 0 Å². The predicted octanol–water partition coefficient (Wildman–Crippen LogP) is 3.69. The quantitative estimate of drug-likeness (QED) is 0.521. The molecule has 1 amide bonds. The molecule has 0 fully saturated rings. The van der Waals surface area contributed by atoms with Crippen LogP contribution in [0.25, 0.3) is 0 Å². The van der Waals surface area contributed by atoms with Gasteiger partial charge >= 0.3 is 0 Å². The summed E-state index contributed by atoms with van der Waals surface area (Å²) in [6, 6.07) is 16.6. The largest absolute Gasteiger partial charge is 0.360 e. The molecule has 0 aromatic heterocycles. The molecule has 1 aliphatic heterocycles. The molecule has 2 aromatic carbocycles. The number of hydrogen-bond acceptors (Lipinski definition) is 4. The maximum absolute atomic E-state index is 12.8. The molecule has 5 nitrogen and oxygen atoms in total. The number of nitrogens with zero attached hydrogens (tertiary/aromatic N) is 2. The second-order valence-electron chi connectivity index (χ2n) is 6.14. The number of rotatable bonds is 4.